The Morgan fingerprint density at radius 2 is 2.06 bits per heavy atom. The van der Waals surface area contributed by atoms with E-state index in [1.807, 2.05) is 39.0 Å². The normalized spacial score (nSPS) is 24.3. The van der Waals surface area contributed by atoms with Crippen LogP contribution < -0.4 is 5.32 Å². The number of imidazole rings is 1. The fourth-order valence-corrected chi connectivity index (χ4v) is 5.89. The Balaban J connectivity index is 1.28. The van der Waals surface area contributed by atoms with Crippen LogP contribution in [0.2, 0.25) is 5.15 Å². The zero-order valence-electron chi connectivity index (χ0n) is 21.1. The second-order valence-electron chi connectivity index (χ2n) is 11.1. The number of amides is 1. The Morgan fingerprint density at radius 3 is 2.80 bits per heavy atom. The van der Waals surface area contributed by atoms with E-state index in [9.17, 15) is 4.79 Å². The van der Waals surface area contributed by atoms with Gasteiger partial charge < -0.3 is 19.4 Å². The van der Waals surface area contributed by atoms with E-state index in [0.717, 1.165) is 72.8 Å². The van der Waals surface area contributed by atoms with Crippen molar-refractivity contribution in [1.82, 2.24) is 19.9 Å². The maximum atomic E-state index is 12.0. The lowest BCUT2D eigenvalue weighted by Crippen LogP contribution is -2.48. The van der Waals surface area contributed by atoms with Gasteiger partial charge in [0.25, 0.3) is 0 Å². The zero-order valence-corrected chi connectivity index (χ0v) is 21.8. The fourth-order valence-electron chi connectivity index (χ4n) is 5.66. The molecule has 1 N–H and O–H groups in total. The van der Waals surface area contributed by atoms with Crippen LogP contribution in [0.15, 0.2) is 24.3 Å². The van der Waals surface area contributed by atoms with Crippen LogP contribution in [0.5, 0.6) is 0 Å². The summed E-state index contributed by atoms with van der Waals surface area (Å²) in [6.45, 7) is 9.19. The summed E-state index contributed by atoms with van der Waals surface area (Å²) in [6.07, 6.45) is 5.71. The third-order valence-corrected chi connectivity index (χ3v) is 7.34. The monoisotopic (exact) mass is 498 g/mol. The summed E-state index contributed by atoms with van der Waals surface area (Å²) in [4.78, 5) is 21.4. The lowest BCUT2D eigenvalue weighted by atomic mass is 9.69. The van der Waals surface area contributed by atoms with Crippen molar-refractivity contribution in [3.8, 4) is 0 Å². The highest BCUT2D eigenvalue weighted by Crippen LogP contribution is 2.49. The van der Waals surface area contributed by atoms with Gasteiger partial charge in [-0.05, 0) is 64.9 Å². The molecule has 1 spiro atoms. The summed E-state index contributed by atoms with van der Waals surface area (Å²) in [5, 5.41) is 4.44. The standard InChI is InChI=1S/C27H35ClN4O3/c1-5-8-21-31-22-23(19-9-6-7-10-20(19)30-24(22)28)32(21)16-18-11-12-27(34-18)13-17(14-27)15-29-25(33)35-26(2,3)4/h6-7,9-10,17-18H,5,8,11-16H2,1-4H3,(H,29,33). The zero-order chi connectivity index (χ0) is 24.8. The Labute approximate surface area is 211 Å². The number of pyridine rings is 1. The lowest BCUT2D eigenvalue weighted by Gasteiger charge is -2.45. The van der Waals surface area contributed by atoms with E-state index in [1.165, 1.54) is 0 Å². The van der Waals surface area contributed by atoms with Crippen molar-refractivity contribution in [2.75, 3.05) is 6.54 Å². The van der Waals surface area contributed by atoms with Crippen LogP contribution in [0.25, 0.3) is 21.9 Å². The maximum absolute atomic E-state index is 12.0. The Bertz CT molecular complexity index is 1240. The Morgan fingerprint density at radius 1 is 1.29 bits per heavy atom. The molecule has 0 bridgehead atoms. The van der Waals surface area contributed by atoms with Gasteiger partial charge >= 0.3 is 6.09 Å². The molecule has 1 aromatic carbocycles. The van der Waals surface area contributed by atoms with Gasteiger partial charge in [-0.15, -0.1) is 0 Å². The second-order valence-corrected chi connectivity index (χ2v) is 11.5. The minimum Gasteiger partial charge on any atom is -0.444 e. The predicted octanol–water partition coefficient (Wildman–Crippen LogP) is 6.04. The van der Waals surface area contributed by atoms with Crippen molar-refractivity contribution in [2.45, 2.75) is 90.1 Å². The molecular weight excluding hydrogens is 464 g/mol. The van der Waals surface area contributed by atoms with Crippen LogP contribution >= 0.6 is 11.6 Å². The maximum Gasteiger partial charge on any atom is 0.407 e. The average Bonchev–Trinajstić information content (AvgIpc) is 3.34. The number of carbonyl (C=O) groups excluding carboxylic acids is 1. The fraction of sp³-hybridized carbons (Fsp3) is 0.593. The van der Waals surface area contributed by atoms with E-state index in [-0.39, 0.29) is 17.8 Å². The number of rotatable bonds is 6. The number of aromatic nitrogens is 3. The molecule has 35 heavy (non-hydrogen) atoms. The van der Waals surface area contributed by atoms with Gasteiger partial charge in [-0.3, -0.25) is 0 Å². The van der Waals surface area contributed by atoms with Crippen LogP contribution in [0.3, 0.4) is 0 Å². The van der Waals surface area contributed by atoms with Crippen molar-refractivity contribution in [3.63, 3.8) is 0 Å². The van der Waals surface area contributed by atoms with Gasteiger partial charge in [0.15, 0.2) is 5.15 Å². The average molecular weight is 499 g/mol. The molecule has 1 amide bonds. The van der Waals surface area contributed by atoms with Crippen LogP contribution in [0.1, 0.15) is 65.6 Å². The van der Waals surface area contributed by atoms with Gasteiger partial charge in [-0.1, -0.05) is 36.7 Å². The van der Waals surface area contributed by atoms with E-state index in [2.05, 4.69) is 27.9 Å². The number of hydrogen-bond acceptors (Lipinski definition) is 5. The molecule has 2 aliphatic rings. The van der Waals surface area contributed by atoms with Crippen LogP contribution in [-0.4, -0.2) is 44.5 Å². The number of aryl methyl sites for hydroxylation is 1. The van der Waals surface area contributed by atoms with Crippen molar-refractivity contribution >= 4 is 39.6 Å². The number of nitrogens with one attached hydrogen (secondary N) is 1. The molecule has 2 aromatic heterocycles. The molecule has 188 valence electrons. The van der Waals surface area contributed by atoms with Crippen LogP contribution in [-0.2, 0) is 22.4 Å². The third kappa shape index (κ3) is 4.98. The second kappa shape index (κ2) is 9.25. The number of halogens is 1. The molecule has 3 aromatic rings. The first-order valence-electron chi connectivity index (χ1n) is 12.7. The number of fused-ring (bicyclic) bond motifs is 3. The van der Waals surface area contributed by atoms with Gasteiger partial charge in [0.1, 0.15) is 16.9 Å². The summed E-state index contributed by atoms with van der Waals surface area (Å²) in [5.41, 5.74) is 2.18. The molecule has 3 heterocycles. The summed E-state index contributed by atoms with van der Waals surface area (Å²) in [7, 11) is 0. The van der Waals surface area contributed by atoms with E-state index in [0.29, 0.717) is 17.6 Å². The molecule has 5 rings (SSSR count). The van der Waals surface area contributed by atoms with Crippen molar-refractivity contribution < 1.29 is 14.3 Å². The van der Waals surface area contributed by atoms with Crippen LogP contribution in [0.4, 0.5) is 4.79 Å². The molecular formula is C27H35ClN4O3. The van der Waals surface area contributed by atoms with Crippen molar-refractivity contribution in [2.24, 2.45) is 5.92 Å². The summed E-state index contributed by atoms with van der Waals surface area (Å²) < 4.78 is 14.3. The summed E-state index contributed by atoms with van der Waals surface area (Å²) in [5.74, 6) is 1.47. The number of benzene rings is 1. The molecule has 1 aliphatic heterocycles. The molecule has 1 unspecified atom stereocenters. The largest absolute Gasteiger partial charge is 0.444 e. The first-order valence-corrected chi connectivity index (χ1v) is 13.1. The SMILES string of the molecule is CCCc1nc2c(Cl)nc3ccccc3c2n1CC1CCC2(CC(CNC(=O)OC(C)(C)C)C2)O1. The number of hydrogen-bond donors (Lipinski definition) is 1. The van der Waals surface area contributed by atoms with Gasteiger partial charge in [-0.2, -0.15) is 0 Å². The van der Waals surface area contributed by atoms with Gasteiger partial charge in [0, 0.05) is 18.4 Å². The molecule has 1 atom stereocenters. The predicted molar refractivity (Wildman–Crippen MR) is 138 cm³/mol. The molecule has 2 fully saturated rings. The topological polar surface area (TPSA) is 78.3 Å². The first kappa shape index (κ1) is 24.3. The van der Waals surface area contributed by atoms with Gasteiger partial charge in [0.05, 0.1) is 29.3 Å². The Hall–Kier alpha value is -2.38. The van der Waals surface area contributed by atoms with Gasteiger partial charge in [0.2, 0.25) is 0 Å². The van der Waals surface area contributed by atoms with E-state index >= 15 is 0 Å². The van der Waals surface area contributed by atoms with E-state index in [1.54, 1.807) is 0 Å². The smallest absolute Gasteiger partial charge is 0.407 e. The number of alkyl carbamates (subject to hydrolysis) is 1. The van der Waals surface area contributed by atoms with Crippen molar-refractivity contribution in [1.29, 1.82) is 0 Å². The Kier molecular flexibility index (Phi) is 6.43. The number of nitrogens with zero attached hydrogens (tertiary/aromatic N) is 3. The minimum atomic E-state index is -0.480. The number of carbonyl (C=O) groups is 1. The van der Waals surface area contributed by atoms with E-state index < -0.39 is 5.60 Å². The highest BCUT2D eigenvalue weighted by atomic mass is 35.5. The highest BCUT2D eigenvalue weighted by molar-refractivity contribution is 6.35. The molecule has 7 nitrogen and oxygen atoms in total. The summed E-state index contributed by atoms with van der Waals surface area (Å²) in [6, 6.07) is 8.12. The quantitative estimate of drug-likeness (QED) is 0.419. The van der Waals surface area contributed by atoms with Gasteiger partial charge in [-0.25, -0.2) is 14.8 Å². The molecule has 0 radical (unpaired) electrons. The molecule has 1 saturated carbocycles. The molecule has 1 aliphatic carbocycles. The first-order chi connectivity index (χ1) is 16.7. The van der Waals surface area contributed by atoms with E-state index in [4.69, 9.17) is 26.1 Å². The third-order valence-electron chi connectivity index (χ3n) is 7.07. The number of para-hydroxylation sites is 1. The highest BCUT2D eigenvalue weighted by Gasteiger charge is 2.50. The van der Waals surface area contributed by atoms with Crippen molar-refractivity contribution in [3.05, 3.63) is 35.2 Å². The summed E-state index contributed by atoms with van der Waals surface area (Å²) >= 11 is 6.56. The molecule has 1 saturated heterocycles. The molecule has 8 heteroatoms. The lowest BCUT2D eigenvalue weighted by molar-refractivity contribution is -0.121. The van der Waals surface area contributed by atoms with Crippen LogP contribution in [0, 0.1) is 5.92 Å². The minimum absolute atomic E-state index is 0.0620. The number of ether oxygens (including phenoxy) is 2.